The summed E-state index contributed by atoms with van der Waals surface area (Å²) in [6, 6.07) is 21.6. The molecule has 2 amide bonds. The van der Waals surface area contributed by atoms with Crippen LogP contribution < -0.4 is 0 Å². The topological polar surface area (TPSA) is 42.3 Å². The molecule has 1 saturated heterocycles. The van der Waals surface area contributed by atoms with E-state index >= 15 is 0 Å². The van der Waals surface area contributed by atoms with Crippen LogP contribution in [0.25, 0.3) is 22.5 Å². The normalized spacial score (nSPS) is 15.2. The zero-order chi connectivity index (χ0) is 24.0. The Morgan fingerprint density at radius 2 is 1.59 bits per heavy atom. The maximum absolute atomic E-state index is 13.1. The largest absolute Gasteiger partial charge is 0.317 e. The molecule has 1 aromatic heterocycles. The van der Waals surface area contributed by atoms with Gasteiger partial charge in [0.25, 0.3) is 11.1 Å². The van der Waals surface area contributed by atoms with Gasteiger partial charge in [-0.3, -0.25) is 14.5 Å². The molecule has 0 N–H and O–H groups in total. The van der Waals surface area contributed by atoms with Crippen LogP contribution in [-0.2, 0) is 11.3 Å². The number of aryl methyl sites for hydroxylation is 1. The molecule has 0 radical (unpaired) electrons. The Hall–Kier alpha value is -2.99. The van der Waals surface area contributed by atoms with Crippen LogP contribution in [0, 0.1) is 13.8 Å². The monoisotopic (exact) mass is 506 g/mol. The highest BCUT2D eigenvalue weighted by atomic mass is 35.5. The van der Waals surface area contributed by atoms with Crippen molar-refractivity contribution in [2.24, 2.45) is 0 Å². The number of amides is 2. The van der Waals surface area contributed by atoms with E-state index in [0.717, 1.165) is 45.2 Å². The highest BCUT2D eigenvalue weighted by Gasteiger charge is 2.36. The number of benzene rings is 3. The zero-order valence-electron chi connectivity index (χ0n) is 18.5. The summed E-state index contributed by atoms with van der Waals surface area (Å²) in [4.78, 5) is 27.4. The van der Waals surface area contributed by atoms with Crippen molar-refractivity contribution in [1.82, 2.24) is 9.47 Å². The van der Waals surface area contributed by atoms with Crippen molar-refractivity contribution >= 4 is 63.0 Å². The first kappa shape index (κ1) is 22.8. The maximum atomic E-state index is 13.1. The smallest absolute Gasteiger partial charge is 0.293 e. The number of fused-ring (bicyclic) bond motifs is 1. The third-order valence-electron chi connectivity index (χ3n) is 6.02. The second kappa shape index (κ2) is 8.99. The highest BCUT2D eigenvalue weighted by molar-refractivity contribution is 8.18. The van der Waals surface area contributed by atoms with Gasteiger partial charge >= 0.3 is 0 Å². The average Bonchev–Trinajstić information content (AvgIpc) is 3.24. The lowest BCUT2D eigenvalue weighted by atomic mass is 10.1. The fourth-order valence-corrected chi connectivity index (χ4v) is 5.67. The molecule has 0 unspecified atom stereocenters. The fraction of sp³-hybridized carbons (Fsp3) is 0.111. The number of hydrogen-bond donors (Lipinski definition) is 0. The number of nitrogens with zero attached hydrogens (tertiary/aromatic N) is 2. The zero-order valence-corrected chi connectivity index (χ0v) is 20.8. The predicted octanol–water partition coefficient (Wildman–Crippen LogP) is 7.79. The Morgan fingerprint density at radius 1 is 0.912 bits per heavy atom. The van der Waals surface area contributed by atoms with E-state index in [1.54, 1.807) is 24.3 Å². The van der Waals surface area contributed by atoms with Crippen LogP contribution in [0.5, 0.6) is 0 Å². The standard InChI is InChI=1S/C27H20Cl2N2O2S/c1-16-13-19(17(2)31(16)24-12-5-8-18-7-3-4-9-20(18)24)14-25-26(32)30(27(33)34-25)15-21-22(28)10-6-11-23(21)29/h3-14H,15H2,1-2H3/b25-14-. The van der Waals surface area contributed by atoms with E-state index < -0.39 is 0 Å². The van der Waals surface area contributed by atoms with E-state index in [0.29, 0.717) is 20.5 Å². The Bertz CT molecular complexity index is 1480. The van der Waals surface area contributed by atoms with Crippen LogP contribution in [-0.4, -0.2) is 20.6 Å². The lowest BCUT2D eigenvalue weighted by Crippen LogP contribution is -2.27. The molecule has 1 aliphatic rings. The van der Waals surface area contributed by atoms with Gasteiger partial charge in [0.05, 0.1) is 17.1 Å². The molecule has 170 valence electrons. The van der Waals surface area contributed by atoms with Gasteiger partial charge in [-0.25, -0.2) is 0 Å². The van der Waals surface area contributed by atoms with Gasteiger partial charge in [0.1, 0.15) is 0 Å². The van der Waals surface area contributed by atoms with Gasteiger partial charge in [-0.2, -0.15) is 0 Å². The van der Waals surface area contributed by atoms with Gasteiger partial charge in [-0.05, 0) is 66.9 Å². The predicted molar refractivity (Wildman–Crippen MR) is 141 cm³/mol. The number of carbonyl (C=O) groups is 2. The lowest BCUT2D eigenvalue weighted by Gasteiger charge is -2.14. The van der Waals surface area contributed by atoms with Gasteiger partial charge in [-0.15, -0.1) is 0 Å². The van der Waals surface area contributed by atoms with Crippen molar-refractivity contribution in [3.05, 3.63) is 104 Å². The molecule has 1 aliphatic heterocycles. The van der Waals surface area contributed by atoms with E-state index in [9.17, 15) is 9.59 Å². The van der Waals surface area contributed by atoms with Crippen molar-refractivity contribution in [1.29, 1.82) is 0 Å². The number of imide groups is 1. The average molecular weight is 507 g/mol. The number of rotatable bonds is 4. The number of aromatic nitrogens is 1. The minimum absolute atomic E-state index is 0.0372. The molecule has 0 saturated carbocycles. The van der Waals surface area contributed by atoms with E-state index in [4.69, 9.17) is 23.2 Å². The Labute approximate surface area is 211 Å². The Morgan fingerprint density at radius 3 is 2.35 bits per heavy atom. The van der Waals surface area contributed by atoms with Gasteiger partial charge < -0.3 is 4.57 Å². The summed E-state index contributed by atoms with van der Waals surface area (Å²) < 4.78 is 2.18. The first-order chi connectivity index (χ1) is 16.3. The van der Waals surface area contributed by atoms with E-state index in [2.05, 4.69) is 28.8 Å². The van der Waals surface area contributed by atoms with Gasteiger partial charge in [0.15, 0.2) is 0 Å². The second-order valence-electron chi connectivity index (χ2n) is 8.13. The van der Waals surface area contributed by atoms with Gasteiger partial charge in [0, 0.05) is 32.4 Å². The van der Waals surface area contributed by atoms with Crippen molar-refractivity contribution in [2.75, 3.05) is 0 Å². The SMILES string of the molecule is Cc1cc(/C=C2\SC(=O)N(Cc3c(Cl)cccc3Cl)C2=O)c(C)n1-c1cccc2ccccc12. The lowest BCUT2D eigenvalue weighted by molar-refractivity contribution is -0.123. The van der Waals surface area contributed by atoms with E-state index in [1.807, 2.05) is 38.1 Å². The van der Waals surface area contributed by atoms with Crippen molar-refractivity contribution in [2.45, 2.75) is 20.4 Å². The van der Waals surface area contributed by atoms with Gasteiger partial charge in [-0.1, -0.05) is 65.7 Å². The number of thioether (sulfide) groups is 1. The third-order valence-corrected chi connectivity index (χ3v) is 7.63. The Kier molecular flexibility index (Phi) is 6.02. The summed E-state index contributed by atoms with van der Waals surface area (Å²) >= 11 is 13.4. The third kappa shape index (κ3) is 3.94. The Balaban J connectivity index is 1.50. The number of hydrogen-bond acceptors (Lipinski definition) is 3. The molecule has 4 nitrogen and oxygen atoms in total. The molecule has 4 aromatic rings. The highest BCUT2D eigenvalue weighted by Crippen LogP contribution is 2.37. The molecular formula is C27H20Cl2N2O2S. The van der Waals surface area contributed by atoms with Crippen LogP contribution >= 0.6 is 35.0 Å². The van der Waals surface area contributed by atoms with Crippen molar-refractivity contribution in [3.63, 3.8) is 0 Å². The molecule has 1 fully saturated rings. The second-order valence-corrected chi connectivity index (χ2v) is 9.94. The quantitative estimate of drug-likeness (QED) is 0.265. The molecule has 0 bridgehead atoms. The van der Waals surface area contributed by atoms with Crippen molar-refractivity contribution < 1.29 is 9.59 Å². The minimum Gasteiger partial charge on any atom is -0.317 e. The first-order valence-corrected chi connectivity index (χ1v) is 12.3. The molecule has 7 heteroatoms. The van der Waals surface area contributed by atoms with Crippen LogP contribution in [0.3, 0.4) is 0 Å². The molecule has 34 heavy (non-hydrogen) atoms. The first-order valence-electron chi connectivity index (χ1n) is 10.7. The van der Waals surface area contributed by atoms with Crippen LogP contribution in [0.15, 0.2) is 71.6 Å². The molecule has 5 rings (SSSR count). The van der Waals surface area contributed by atoms with E-state index in [1.165, 1.54) is 4.90 Å². The summed E-state index contributed by atoms with van der Waals surface area (Å²) in [7, 11) is 0. The van der Waals surface area contributed by atoms with Gasteiger partial charge in [0.2, 0.25) is 0 Å². The molecule has 2 heterocycles. The number of halogens is 2. The van der Waals surface area contributed by atoms with E-state index in [-0.39, 0.29) is 17.7 Å². The fourth-order valence-electron chi connectivity index (χ4n) is 4.33. The summed E-state index contributed by atoms with van der Waals surface area (Å²) in [5.41, 5.74) is 4.57. The summed E-state index contributed by atoms with van der Waals surface area (Å²) in [6.07, 6.45) is 1.79. The summed E-state index contributed by atoms with van der Waals surface area (Å²) in [5, 5.41) is 2.82. The van der Waals surface area contributed by atoms with Crippen LogP contribution in [0.2, 0.25) is 10.0 Å². The molecule has 0 aliphatic carbocycles. The summed E-state index contributed by atoms with van der Waals surface area (Å²) in [5.74, 6) is -0.346. The number of carbonyl (C=O) groups excluding carboxylic acids is 2. The summed E-state index contributed by atoms with van der Waals surface area (Å²) in [6.45, 7) is 4.10. The molecular weight excluding hydrogens is 487 g/mol. The maximum Gasteiger partial charge on any atom is 0.293 e. The van der Waals surface area contributed by atoms with Crippen LogP contribution in [0.1, 0.15) is 22.5 Å². The minimum atomic E-state index is -0.346. The van der Waals surface area contributed by atoms with Crippen LogP contribution in [0.4, 0.5) is 4.79 Å². The molecule has 0 atom stereocenters. The molecule has 0 spiro atoms. The molecule has 3 aromatic carbocycles. The van der Waals surface area contributed by atoms with Crippen molar-refractivity contribution in [3.8, 4) is 5.69 Å².